The molecule has 17 heteroatoms. The molecule has 4 heterocycles. The summed E-state index contributed by atoms with van der Waals surface area (Å²) in [6, 6.07) is 0.637. The molecule has 0 radical (unpaired) electrons. The largest absolute Gasteiger partial charge is 0.477 e. The minimum absolute atomic E-state index is 0.0371. The molecule has 4 rings (SSSR count). The van der Waals surface area contributed by atoms with E-state index in [1.165, 1.54) is 45.8 Å². The van der Waals surface area contributed by atoms with Gasteiger partial charge in [0.05, 0.1) is 18.8 Å². The summed E-state index contributed by atoms with van der Waals surface area (Å²) in [5, 5.41) is 18.0. The molecule has 1 fully saturated rings. The molecule has 0 spiro atoms. The van der Waals surface area contributed by atoms with E-state index in [4.69, 9.17) is 22.0 Å². The van der Waals surface area contributed by atoms with Crippen LogP contribution in [0.3, 0.4) is 0 Å². The molecule has 2 amide bonds. The molecule has 2 atom stereocenters. The number of hydrogen-bond donors (Lipinski definition) is 5. The lowest BCUT2D eigenvalue weighted by atomic mass is 10.0. The highest BCUT2D eigenvalue weighted by Gasteiger charge is 2.54. The second kappa shape index (κ2) is 10.6. The van der Waals surface area contributed by atoms with E-state index in [-0.39, 0.29) is 23.9 Å². The van der Waals surface area contributed by atoms with Crippen molar-refractivity contribution in [1.29, 1.82) is 0 Å². The van der Waals surface area contributed by atoms with Gasteiger partial charge in [0.25, 0.3) is 11.8 Å². The van der Waals surface area contributed by atoms with E-state index in [0.717, 1.165) is 6.21 Å². The fraction of sp³-hybridized carbons (Fsp3) is 0.316. The number of carbonyl (C=O) groups excluding carboxylic acids is 2. The zero-order valence-corrected chi connectivity index (χ0v) is 21.2. The summed E-state index contributed by atoms with van der Waals surface area (Å²) in [7, 11) is 1.72. The molecule has 2 aliphatic heterocycles. The number of carbonyl (C=O) groups is 3. The van der Waals surface area contributed by atoms with Crippen LogP contribution < -0.4 is 27.1 Å². The van der Waals surface area contributed by atoms with Crippen molar-refractivity contribution >= 4 is 75.6 Å². The van der Waals surface area contributed by atoms with Gasteiger partial charge in [-0.15, -0.1) is 23.1 Å². The van der Waals surface area contributed by atoms with Crippen LogP contribution in [0.2, 0.25) is 0 Å². The third-order valence-electron chi connectivity index (χ3n) is 5.14. The van der Waals surface area contributed by atoms with Gasteiger partial charge in [-0.05, 0) is 17.3 Å². The van der Waals surface area contributed by atoms with Crippen molar-refractivity contribution in [2.45, 2.75) is 23.2 Å². The Bertz CT molecular complexity index is 1280. The number of anilines is 3. The number of amides is 2. The zero-order valence-electron chi connectivity index (χ0n) is 18.8. The lowest BCUT2D eigenvalue weighted by molar-refractivity contribution is -0.698. The fourth-order valence-corrected chi connectivity index (χ4v) is 6.45. The van der Waals surface area contributed by atoms with Crippen molar-refractivity contribution in [2.24, 2.45) is 12.2 Å². The summed E-state index contributed by atoms with van der Waals surface area (Å²) < 4.78 is 1.64. The van der Waals surface area contributed by atoms with Gasteiger partial charge in [0.15, 0.2) is 11.7 Å². The quantitative estimate of drug-likeness (QED) is 0.0641. The van der Waals surface area contributed by atoms with Gasteiger partial charge in [0, 0.05) is 16.9 Å². The molecule has 0 aliphatic carbocycles. The van der Waals surface area contributed by atoms with Gasteiger partial charge in [0.1, 0.15) is 23.3 Å². The molecule has 0 bridgehead atoms. The molecule has 2 aromatic heterocycles. The maximum absolute atomic E-state index is 12.8. The highest BCUT2D eigenvalue weighted by molar-refractivity contribution is 8.01. The summed E-state index contributed by atoms with van der Waals surface area (Å²) in [6.45, 7) is 0.0371. The zero-order chi connectivity index (χ0) is 26.0. The standard InChI is InChI=1S/C19H21N9O5S3/c1-27-11(21)2-10(20)25-19(27)36-6-8-5-34-16-13(15(30)28(16)14(8)17(31)32)26-12(29)3-23-33-4-9-7-35-18(22)24-9/h2-3,7,13,16H,4-6H2,1H3,(H7,20,21,22,24,26,29,31,32)/p+1/b23-3-. The Hall–Kier alpha value is -3.57. The summed E-state index contributed by atoms with van der Waals surface area (Å²) in [6.07, 6.45) is 0.902. The molecular weight excluding hydrogens is 530 g/mol. The van der Waals surface area contributed by atoms with E-state index < -0.39 is 29.2 Å². The molecule has 190 valence electrons. The Morgan fingerprint density at radius 1 is 1.42 bits per heavy atom. The smallest absolute Gasteiger partial charge is 0.352 e. The third kappa shape index (κ3) is 5.31. The van der Waals surface area contributed by atoms with E-state index in [0.29, 0.717) is 33.1 Å². The second-order valence-electron chi connectivity index (χ2n) is 7.57. The van der Waals surface area contributed by atoms with Gasteiger partial charge in [0.2, 0.25) is 11.6 Å². The first-order valence-electron chi connectivity index (χ1n) is 10.3. The Morgan fingerprint density at radius 2 is 2.19 bits per heavy atom. The van der Waals surface area contributed by atoms with Gasteiger partial charge in [-0.1, -0.05) is 10.1 Å². The summed E-state index contributed by atoms with van der Waals surface area (Å²) in [5.41, 5.74) is 18.2. The topological polar surface area (TPSA) is 216 Å². The minimum atomic E-state index is -1.23. The SMILES string of the molecule is C[n+]1c(N)cc(N)nc1SCC1=C(C(=O)O)N2C(=O)C(NC(=O)/C=N\OCc3csc(N)n3)C2SC1. The first-order chi connectivity index (χ1) is 17.2. The van der Waals surface area contributed by atoms with Gasteiger partial charge in [-0.25, -0.2) is 14.3 Å². The number of aromatic nitrogens is 3. The number of thiazole rings is 1. The van der Waals surface area contributed by atoms with Crippen LogP contribution in [0.4, 0.5) is 16.8 Å². The monoisotopic (exact) mass is 552 g/mol. The van der Waals surface area contributed by atoms with E-state index in [2.05, 4.69) is 20.4 Å². The first-order valence-corrected chi connectivity index (χ1v) is 13.2. The number of fused-ring (bicyclic) bond motifs is 1. The normalized spacial score (nSPS) is 19.2. The third-order valence-corrected chi connectivity index (χ3v) is 8.32. The number of nitrogens with two attached hydrogens (primary N) is 3. The van der Waals surface area contributed by atoms with E-state index in [9.17, 15) is 19.5 Å². The van der Waals surface area contributed by atoms with Crippen LogP contribution in [-0.2, 0) is 32.9 Å². The highest BCUT2D eigenvalue weighted by Crippen LogP contribution is 2.41. The predicted octanol–water partition coefficient (Wildman–Crippen LogP) is -0.857. The van der Waals surface area contributed by atoms with Crippen molar-refractivity contribution in [1.82, 2.24) is 20.2 Å². The van der Waals surface area contributed by atoms with Crippen molar-refractivity contribution < 1.29 is 28.9 Å². The van der Waals surface area contributed by atoms with Crippen LogP contribution in [0, 0.1) is 0 Å². The van der Waals surface area contributed by atoms with Crippen LogP contribution in [0.25, 0.3) is 0 Å². The van der Waals surface area contributed by atoms with Crippen molar-refractivity contribution in [2.75, 3.05) is 28.7 Å². The fourth-order valence-electron chi connectivity index (χ4n) is 3.42. The molecule has 36 heavy (non-hydrogen) atoms. The van der Waals surface area contributed by atoms with Crippen LogP contribution in [0.15, 0.2) is 33.0 Å². The van der Waals surface area contributed by atoms with Crippen LogP contribution in [-0.4, -0.2) is 66.9 Å². The number of rotatable bonds is 9. The number of nitrogens with one attached hydrogen (secondary N) is 1. The molecule has 2 aliphatic rings. The number of aliphatic carboxylic acids is 1. The number of oxime groups is 1. The highest BCUT2D eigenvalue weighted by atomic mass is 32.2. The average molecular weight is 553 g/mol. The summed E-state index contributed by atoms with van der Waals surface area (Å²) in [5.74, 6) is -1.12. The average Bonchev–Trinajstić information content (AvgIpc) is 3.25. The number of thioether (sulfide) groups is 2. The van der Waals surface area contributed by atoms with E-state index >= 15 is 0 Å². The second-order valence-corrected chi connectivity index (χ2v) is 10.5. The molecule has 0 saturated carbocycles. The molecule has 8 N–H and O–H groups in total. The Balaban J connectivity index is 1.37. The molecular formula is C19H22N9O5S3+. The number of hydrogen-bond acceptors (Lipinski definition) is 13. The predicted molar refractivity (Wildman–Crippen MR) is 134 cm³/mol. The minimum Gasteiger partial charge on any atom is -0.477 e. The number of nitrogens with zero attached hydrogens (tertiary/aromatic N) is 5. The summed E-state index contributed by atoms with van der Waals surface area (Å²) in [4.78, 5) is 51.4. The Morgan fingerprint density at radius 3 is 2.89 bits per heavy atom. The Labute approximate surface area is 216 Å². The maximum atomic E-state index is 12.8. The molecule has 14 nitrogen and oxygen atoms in total. The molecule has 0 aromatic carbocycles. The van der Waals surface area contributed by atoms with Gasteiger partial charge in [-0.3, -0.25) is 14.5 Å². The van der Waals surface area contributed by atoms with Crippen molar-refractivity contribution in [3.63, 3.8) is 0 Å². The van der Waals surface area contributed by atoms with Crippen molar-refractivity contribution in [3.8, 4) is 0 Å². The van der Waals surface area contributed by atoms with Gasteiger partial charge < -0.3 is 32.5 Å². The van der Waals surface area contributed by atoms with E-state index in [1.807, 2.05) is 0 Å². The maximum Gasteiger partial charge on any atom is 0.352 e. The van der Waals surface area contributed by atoms with E-state index in [1.54, 1.807) is 17.0 Å². The Kier molecular flexibility index (Phi) is 7.51. The lowest BCUT2D eigenvalue weighted by Crippen LogP contribution is -2.70. The van der Waals surface area contributed by atoms with Crippen LogP contribution in [0.5, 0.6) is 0 Å². The molecule has 2 aromatic rings. The summed E-state index contributed by atoms with van der Waals surface area (Å²) >= 11 is 3.87. The van der Waals surface area contributed by atoms with Crippen LogP contribution in [0.1, 0.15) is 5.69 Å². The molecule has 1 saturated heterocycles. The lowest BCUT2D eigenvalue weighted by Gasteiger charge is -2.49. The first kappa shape index (κ1) is 25.5. The van der Waals surface area contributed by atoms with Gasteiger partial charge >= 0.3 is 11.1 Å². The number of carboxylic acid groups (broad SMARTS) is 1. The van der Waals surface area contributed by atoms with Crippen LogP contribution >= 0.6 is 34.9 Å². The number of nitrogen functional groups attached to an aromatic ring is 3. The number of β-lactam (4-membered cyclic amide) rings is 1. The van der Waals surface area contributed by atoms with Gasteiger partial charge in [-0.2, -0.15) is 0 Å². The molecule has 2 unspecified atom stereocenters. The van der Waals surface area contributed by atoms with Crippen molar-refractivity contribution in [3.05, 3.63) is 28.4 Å². The number of carboxylic acids is 1.